The number of nitrogens with zero attached hydrogens (tertiary/aromatic N) is 5. The van der Waals surface area contributed by atoms with Crippen LogP contribution in [0.4, 0.5) is 27.3 Å². The number of hydrogen-bond acceptors (Lipinski definition) is 9. The summed E-state index contributed by atoms with van der Waals surface area (Å²) in [6.45, 7) is 2.35. The highest BCUT2D eigenvalue weighted by Gasteiger charge is 2.17. The number of aliphatic imine (C=N–C) groups is 1. The summed E-state index contributed by atoms with van der Waals surface area (Å²) in [5.41, 5.74) is 7.39. The van der Waals surface area contributed by atoms with E-state index in [1.165, 1.54) is 31.6 Å². The number of fused-ring (bicyclic) bond motifs is 1. The van der Waals surface area contributed by atoms with Crippen LogP contribution in [-0.2, 0) is 4.79 Å². The molecule has 42 heavy (non-hydrogen) atoms. The monoisotopic (exact) mass is 568 g/mol. The Morgan fingerprint density at radius 3 is 2.71 bits per heavy atom. The summed E-state index contributed by atoms with van der Waals surface area (Å²) in [7, 11) is 5.26. The van der Waals surface area contributed by atoms with Crippen molar-refractivity contribution in [2.45, 2.75) is 6.92 Å². The van der Waals surface area contributed by atoms with Crippen LogP contribution in [0, 0.1) is 24.1 Å². The summed E-state index contributed by atoms with van der Waals surface area (Å²) < 4.78 is 26.8. The van der Waals surface area contributed by atoms with Crippen LogP contribution in [0.3, 0.4) is 0 Å². The van der Waals surface area contributed by atoms with Crippen molar-refractivity contribution in [3.05, 3.63) is 77.9 Å². The SMILES string of the molecule is COc1cc2ncc(C#N)c(Nc3cc(C)c(Oc4ccnc(N=CN)c4)cc3F)c2cc1NC(=O)/C=C/CN(C)C. The lowest BCUT2D eigenvalue weighted by atomic mass is 10.1. The van der Waals surface area contributed by atoms with Crippen LogP contribution < -0.4 is 25.8 Å². The minimum absolute atomic E-state index is 0.111. The molecule has 0 atom stereocenters. The van der Waals surface area contributed by atoms with Crippen LogP contribution in [0.5, 0.6) is 17.2 Å². The van der Waals surface area contributed by atoms with Gasteiger partial charge in [0.2, 0.25) is 5.91 Å². The Balaban J connectivity index is 1.70. The summed E-state index contributed by atoms with van der Waals surface area (Å²) in [6, 6.07) is 11.4. The fraction of sp³-hybridized carbons (Fsp3) is 0.167. The van der Waals surface area contributed by atoms with Gasteiger partial charge in [-0.3, -0.25) is 9.78 Å². The molecule has 12 heteroatoms. The first-order valence-corrected chi connectivity index (χ1v) is 12.7. The maximum Gasteiger partial charge on any atom is 0.248 e. The summed E-state index contributed by atoms with van der Waals surface area (Å²) in [6.07, 6.45) is 7.16. The molecule has 2 aromatic heterocycles. The minimum Gasteiger partial charge on any atom is -0.494 e. The number of amides is 1. The van der Waals surface area contributed by atoms with Gasteiger partial charge in [-0.1, -0.05) is 6.08 Å². The van der Waals surface area contributed by atoms with Gasteiger partial charge in [0.25, 0.3) is 0 Å². The van der Waals surface area contributed by atoms with E-state index in [0.717, 1.165) is 6.34 Å². The first-order valence-electron chi connectivity index (χ1n) is 12.7. The molecule has 2 aromatic carbocycles. The average molecular weight is 569 g/mol. The predicted molar refractivity (Wildman–Crippen MR) is 160 cm³/mol. The number of anilines is 3. The molecular formula is C30H29FN8O3. The summed E-state index contributed by atoms with van der Waals surface area (Å²) >= 11 is 0. The molecule has 0 radical (unpaired) electrons. The number of carbonyl (C=O) groups is 1. The fourth-order valence-corrected chi connectivity index (χ4v) is 3.99. The second kappa shape index (κ2) is 13.2. The van der Waals surface area contributed by atoms with E-state index < -0.39 is 5.82 Å². The third kappa shape index (κ3) is 6.96. The Morgan fingerprint density at radius 1 is 1.19 bits per heavy atom. The van der Waals surface area contributed by atoms with E-state index in [2.05, 4.69) is 31.7 Å². The fourth-order valence-electron chi connectivity index (χ4n) is 3.99. The normalized spacial score (nSPS) is 11.3. The van der Waals surface area contributed by atoms with Gasteiger partial charge in [0.1, 0.15) is 29.1 Å². The number of benzene rings is 2. The molecule has 1 amide bonds. The van der Waals surface area contributed by atoms with Crippen LogP contribution in [0.2, 0.25) is 0 Å². The first kappa shape index (κ1) is 29.4. The van der Waals surface area contributed by atoms with Crippen molar-refractivity contribution in [3.8, 4) is 23.3 Å². The van der Waals surface area contributed by atoms with Crippen LogP contribution in [0.1, 0.15) is 11.1 Å². The molecule has 0 aliphatic heterocycles. The number of ether oxygens (including phenoxy) is 2. The number of rotatable bonds is 10. The molecule has 214 valence electrons. The van der Waals surface area contributed by atoms with Gasteiger partial charge < -0.3 is 30.7 Å². The minimum atomic E-state index is -0.619. The number of nitrogens with two attached hydrogens (primary N) is 1. The summed E-state index contributed by atoms with van der Waals surface area (Å²) in [5, 5.41) is 16.2. The molecule has 4 aromatic rings. The van der Waals surface area contributed by atoms with Crippen molar-refractivity contribution in [2.75, 3.05) is 38.4 Å². The highest BCUT2D eigenvalue weighted by molar-refractivity contribution is 6.04. The lowest BCUT2D eigenvalue weighted by molar-refractivity contribution is -0.111. The molecule has 0 saturated heterocycles. The zero-order valence-corrected chi connectivity index (χ0v) is 23.5. The lowest BCUT2D eigenvalue weighted by Gasteiger charge is -2.17. The number of halogens is 1. The molecule has 0 unspecified atom stereocenters. The zero-order chi connectivity index (χ0) is 30.2. The topological polar surface area (TPSA) is 151 Å². The van der Waals surface area contributed by atoms with Gasteiger partial charge >= 0.3 is 0 Å². The largest absolute Gasteiger partial charge is 0.494 e. The maximum absolute atomic E-state index is 15.4. The van der Waals surface area contributed by atoms with Gasteiger partial charge in [0, 0.05) is 48.6 Å². The van der Waals surface area contributed by atoms with E-state index in [4.69, 9.17) is 15.2 Å². The average Bonchev–Trinajstić information content (AvgIpc) is 2.95. The number of likely N-dealkylation sites (N-methyl/N-ethyl adjacent to an activating group) is 1. The zero-order valence-electron chi connectivity index (χ0n) is 23.5. The quantitative estimate of drug-likeness (QED) is 0.134. The number of nitriles is 1. The van der Waals surface area contributed by atoms with Gasteiger partial charge in [-0.05, 0) is 44.8 Å². The lowest BCUT2D eigenvalue weighted by Crippen LogP contribution is -2.13. The summed E-state index contributed by atoms with van der Waals surface area (Å²) in [4.78, 5) is 26.8. The number of hydrogen-bond donors (Lipinski definition) is 3. The number of methoxy groups -OCH3 is 1. The van der Waals surface area contributed by atoms with Crippen molar-refractivity contribution in [3.63, 3.8) is 0 Å². The molecule has 0 saturated carbocycles. The molecule has 0 spiro atoms. The highest BCUT2D eigenvalue weighted by Crippen LogP contribution is 2.38. The van der Waals surface area contributed by atoms with Gasteiger partial charge in [-0.2, -0.15) is 5.26 Å². The van der Waals surface area contributed by atoms with Gasteiger partial charge in [-0.25, -0.2) is 14.4 Å². The van der Waals surface area contributed by atoms with Crippen molar-refractivity contribution in [1.82, 2.24) is 14.9 Å². The van der Waals surface area contributed by atoms with E-state index in [1.807, 2.05) is 19.0 Å². The van der Waals surface area contributed by atoms with Crippen molar-refractivity contribution >= 4 is 46.0 Å². The third-order valence-electron chi connectivity index (χ3n) is 5.98. The van der Waals surface area contributed by atoms with E-state index in [0.29, 0.717) is 51.7 Å². The predicted octanol–water partition coefficient (Wildman–Crippen LogP) is 5.17. The molecular weight excluding hydrogens is 539 g/mol. The Kier molecular flexibility index (Phi) is 9.26. The first-order chi connectivity index (χ1) is 20.2. The van der Waals surface area contributed by atoms with E-state index in [9.17, 15) is 10.1 Å². The number of nitrogens with one attached hydrogen (secondary N) is 2. The van der Waals surface area contributed by atoms with Crippen LogP contribution in [0.15, 0.2) is 65.9 Å². The number of aromatic nitrogens is 2. The molecule has 0 bridgehead atoms. The number of pyridine rings is 2. The Morgan fingerprint density at radius 2 is 2.00 bits per heavy atom. The van der Waals surface area contributed by atoms with E-state index in [1.54, 1.807) is 43.3 Å². The number of aryl methyl sites for hydroxylation is 1. The van der Waals surface area contributed by atoms with Crippen LogP contribution >= 0.6 is 0 Å². The molecule has 4 N–H and O–H groups in total. The smallest absolute Gasteiger partial charge is 0.248 e. The Labute approximate surface area is 242 Å². The van der Waals surface area contributed by atoms with Gasteiger partial charge in [0.05, 0.1) is 41.6 Å². The van der Waals surface area contributed by atoms with Gasteiger partial charge in [0.15, 0.2) is 5.82 Å². The molecule has 2 heterocycles. The van der Waals surface area contributed by atoms with E-state index >= 15 is 4.39 Å². The Bertz CT molecular complexity index is 1730. The number of carbonyl (C=O) groups excluding carboxylic acids is 1. The van der Waals surface area contributed by atoms with Crippen molar-refractivity contribution in [2.24, 2.45) is 10.7 Å². The van der Waals surface area contributed by atoms with Gasteiger partial charge in [-0.15, -0.1) is 0 Å². The molecule has 11 nitrogen and oxygen atoms in total. The van der Waals surface area contributed by atoms with Crippen LogP contribution in [0.25, 0.3) is 10.9 Å². The third-order valence-corrected chi connectivity index (χ3v) is 5.98. The molecule has 0 fully saturated rings. The van der Waals surface area contributed by atoms with Crippen LogP contribution in [-0.4, -0.2) is 54.9 Å². The molecule has 4 rings (SSSR count). The highest BCUT2D eigenvalue weighted by atomic mass is 19.1. The molecule has 0 aliphatic rings. The van der Waals surface area contributed by atoms with Crippen molar-refractivity contribution in [1.29, 1.82) is 5.26 Å². The standard InChI is InChI=1S/C30H29FN8O3/c1-18-10-24(22(31)13-26(18)42-20-7-8-34-28(11-20)36-17-33)38-30-19(15-32)16-35-23-14-27(41-4)25(12-21(23)30)37-29(40)6-5-9-39(2)3/h5-8,10-14,16-17H,9H2,1-4H3,(H,35,38)(H,37,40)(H2,33,34,36)/b6-5+. The second-order valence-corrected chi connectivity index (χ2v) is 9.33. The summed E-state index contributed by atoms with van der Waals surface area (Å²) in [5.74, 6) is 0.426. The molecule has 0 aliphatic carbocycles. The van der Waals surface area contributed by atoms with Crippen molar-refractivity contribution < 1.29 is 18.7 Å². The maximum atomic E-state index is 15.4. The Hall–Kier alpha value is -5.54. The second-order valence-electron chi connectivity index (χ2n) is 9.33. The van der Waals surface area contributed by atoms with E-state index in [-0.39, 0.29) is 22.9 Å².